The number of carbonyl (C=O) groups is 1. The maximum Gasteiger partial charge on any atom is 0.276 e. The number of carbonyl (C=O) groups excluding carboxylic acids is 1. The van der Waals surface area contributed by atoms with E-state index in [-0.39, 0.29) is 31.4 Å². The van der Waals surface area contributed by atoms with Gasteiger partial charge in [0.25, 0.3) is 5.91 Å². The summed E-state index contributed by atoms with van der Waals surface area (Å²) in [4.78, 5) is 15.9. The lowest BCUT2D eigenvalue weighted by Crippen LogP contribution is -2.58. The van der Waals surface area contributed by atoms with Crippen LogP contribution in [0, 0.1) is 0 Å². The monoisotopic (exact) mass is 453 g/mol. The van der Waals surface area contributed by atoms with E-state index in [4.69, 9.17) is 0 Å². The third kappa shape index (κ3) is 3.48. The molecule has 3 aliphatic heterocycles. The van der Waals surface area contributed by atoms with Gasteiger partial charge in [-0.15, -0.1) is 11.8 Å². The quantitative estimate of drug-likeness (QED) is 0.736. The third-order valence-electron chi connectivity index (χ3n) is 6.05. The normalized spacial score (nSPS) is 23.0. The Hall–Kier alpha value is -2.81. The molecule has 1 saturated heterocycles. The van der Waals surface area contributed by atoms with Crippen LogP contribution in [0.15, 0.2) is 77.2 Å². The molecule has 0 bridgehead atoms. The van der Waals surface area contributed by atoms with Crippen LogP contribution in [0.1, 0.15) is 29.2 Å². The number of nitrogens with zero attached hydrogens (tertiary/aromatic N) is 3. The van der Waals surface area contributed by atoms with Gasteiger partial charge in [-0.05, 0) is 35.3 Å². The molecule has 2 atom stereocenters. The minimum atomic E-state index is -1.25. The minimum Gasteiger partial charge on any atom is -0.507 e. The summed E-state index contributed by atoms with van der Waals surface area (Å²) < 4.78 is 13.0. The average Bonchev–Trinajstić information content (AvgIpc) is 2.98. The van der Waals surface area contributed by atoms with Gasteiger partial charge >= 0.3 is 0 Å². The van der Waals surface area contributed by atoms with Crippen molar-refractivity contribution in [2.45, 2.75) is 29.2 Å². The van der Waals surface area contributed by atoms with E-state index in [1.807, 2.05) is 29.3 Å². The van der Waals surface area contributed by atoms with E-state index in [1.54, 1.807) is 23.0 Å². The Labute approximate surface area is 190 Å². The first-order chi connectivity index (χ1) is 15.6. The zero-order valence-corrected chi connectivity index (χ0v) is 18.2. The van der Waals surface area contributed by atoms with Crippen LogP contribution < -0.4 is 0 Å². The molecule has 0 aromatic heterocycles. The van der Waals surface area contributed by atoms with Crippen molar-refractivity contribution in [2.24, 2.45) is 0 Å². The molecular formula is C24H24FN3O3S. The molecule has 0 radical (unpaired) electrons. The maximum absolute atomic E-state index is 13.2. The molecule has 0 spiro atoms. The van der Waals surface area contributed by atoms with Gasteiger partial charge in [-0.3, -0.25) is 14.2 Å². The Morgan fingerprint density at radius 2 is 1.84 bits per heavy atom. The molecule has 1 amide bonds. The summed E-state index contributed by atoms with van der Waals surface area (Å²) in [7, 11) is 0. The lowest BCUT2D eigenvalue weighted by Gasteiger charge is -2.49. The molecular weight excluding hydrogens is 429 g/mol. The number of amides is 1. The minimum absolute atomic E-state index is 0.0111. The highest BCUT2D eigenvalue weighted by Gasteiger charge is 2.43. The summed E-state index contributed by atoms with van der Waals surface area (Å²) in [6.07, 6.45) is 2.05. The van der Waals surface area contributed by atoms with E-state index in [2.05, 4.69) is 24.3 Å². The van der Waals surface area contributed by atoms with Gasteiger partial charge in [-0.1, -0.05) is 42.5 Å². The van der Waals surface area contributed by atoms with E-state index in [0.29, 0.717) is 0 Å². The van der Waals surface area contributed by atoms with Crippen molar-refractivity contribution >= 4 is 17.7 Å². The van der Waals surface area contributed by atoms with Gasteiger partial charge in [0.05, 0.1) is 19.4 Å². The summed E-state index contributed by atoms with van der Waals surface area (Å²) in [6.45, 7) is -0.0815. The number of aliphatic hydroxyl groups is 2. The first-order valence-corrected chi connectivity index (χ1v) is 11.6. The number of hydrogen-bond donors (Lipinski definition) is 2. The van der Waals surface area contributed by atoms with Gasteiger partial charge in [0.1, 0.15) is 6.10 Å². The second-order valence-corrected chi connectivity index (χ2v) is 9.00. The number of halogens is 1. The molecule has 3 aliphatic rings. The van der Waals surface area contributed by atoms with Crippen LogP contribution in [0.25, 0.3) is 0 Å². The predicted octanol–water partition coefficient (Wildman–Crippen LogP) is 3.72. The molecule has 5 rings (SSSR count). The summed E-state index contributed by atoms with van der Waals surface area (Å²) in [6, 6.07) is 16.2. The smallest absolute Gasteiger partial charge is 0.276 e. The number of hydrazine groups is 1. The van der Waals surface area contributed by atoms with E-state index >= 15 is 0 Å². The van der Waals surface area contributed by atoms with Crippen LogP contribution in [0.2, 0.25) is 0 Å². The second-order valence-electron chi connectivity index (χ2n) is 7.98. The van der Waals surface area contributed by atoms with Crippen molar-refractivity contribution < 1.29 is 19.4 Å². The zero-order valence-electron chi connectivity index (χ0n) is 17.4. The molecule has 1 fully saturated rings. The number of benzene rings is 2. The highest BCUT2D eigenvalue weighted by atomic mass is 32.2. The van der Waals surface area contributed by atoms with Gasteiger partial charge in [0, 0.05) is 23.4 Å². The second kappa shape index (κ2) is 8.61. The van der Waals surface area contributed by atoms with E-state index in [1.165, 1.54) is 16.5 Å². The molecule has 6 nitrogen and oxygen atoms in total. The molecule has 2 aromatic rings. The highest BCUT2D eigenvalue weighted by molar-refractivity contribution is 7.98. The van der Waals surface area contributed by atoms with Crippen molar-refractivity contribution in [2.75, 3.05) is 19.9 Å². The van der Waals surface area contributed by atoms with Crippen LogP contribution in [-0.4, -0.2) is 57.0 Å². The number of aliphatic hydroxyl groups excluding tert-OH is 2. The van der Waals surface area contributed by atoms with Crippen molar-refractivity contribution in [3.63, 3.8) is 0 Å². The molecule has 0 aliphatic carbocycles. The Morgan fingerprint density at radius 3 is 2.66 bits per heavy atom. The molecule has 8 heteroatoms. The van der Waals surface area contributed by atoms with E-state index in [0.717, 1.165) is 21.8 Å². The Kier molecular flexibility index (Phi) is 5.67. The first-order valence-electron chi connectivity index (χ1n) is 10.6. The molecule has 3 heterocycles. The van der Waals surface area contributed by atoms with Gasteiger partial charge in [-0.25, -0.2) is 0 Å². The molecule has 2 aromatic carbocycles. The van der Waals surface area contributed by atoms with Crippen molar-refractivity contribution in [1.82, 2.24) is 14.9 Å². The molecule has 32 heavy (non-hydrogen) atoms. The highest BCUT2D eigenvalue weighted by Crippen LogP contribution is 2.44. The maximum atomic E-state index is 13.2. The van der Waals surface area contributed by atoms with Crippen LogP contribution >= 0.6 is 11.8 Å². The molecule has 2 N–H and O–H groups in total. The van der Waals surface area contributed by atoms with Gasteiger partial charge in [0.15, 0.2) is 11.5 Å². The molecule has 166 valence electrons. The summed E-state index contributed by atoms with van der Waals surface area (Å²) in [5, 5.41) is 24.5. The zero-order chi connectivity index (χ0) is 22.2. The predicted molar refractivity (Wildman–Crippen MR) is 120 cm³/mol. The Bertz CT molecular complexity index is 1060. The van der Waals surface area contributed by atoms with Gasteiger partial charge in [0.2, 0.25) is 0 Å². The SMILES string of the molecule is O=C1C2=C(O)C(O)C=CN2N(C2c3ccccc3CSc3ccccc32)CN1CCCF. The fourth-order valence-corrected chi connectivity index (χ4v) is 5.60. The van der Waals surface area contributed by atoms with E-state index in [9.17, 15) is 19.4 Å². The van der Waals surface area contributed by atoms with Crippen LogP contribution in [0.3, 0.4) is 0 Å². The van der Waals surface area contributed by atoms with Gasteiger partial charge < -0.3 is 15.1 Å². The molecule has 0 saturated carbocycles. The standard InChI is InChI=1S/C24H24FN3O3S/c25-11-5-12-26-15-28(27-13-10-19(29)23(30)22(27)24(26)31)21-17-7-2-1-6-16(17)14-32-20-9-4-3-8-18(20)21/h1-4,6-10,13,19,21,29-30H,5,11-12,14-15H2. The Balaban J connectivity index is 1.67. The number of thioether (sulfide) groups is 1. The number of fused-ring (bicyclic) bond motifs is 3. The van der Waals surface area contributed by atoms with E-state index < -0.39 is 24.4 Å². The summed E-state index contributed by atoms with van der Waals surface area (Å²) in [5.41, 5.74) is 3.42. The first kappa shape index (κ1) is 21.1. The van der Waals surface area contributed by atoms with Crippen molar-refractivity contribution in [1.29, 1.82) is 0 Å². The topological polar surface area (TPSA) is 67.2 Å². The molecule has 2 unspecified atom stereocenters. The van der Waals surface area contributed by atoms with Crippen molar-refractivity contribution in [3.05, 3.63) is 89.0 Å². The van der Waals surface area contributed by atoms with Crippen molar-refractivity contribution in [3.8, 4) is 0 Å². The lowest BCUT2D eigenvalue weighted by atomic mass is 9.94. The van der Waals surface area contributed by atoms with Crippen LogP contribution in [0.5, 0.6) is 0 Å². The fraction of sp³-hybridized carbons (Fsp3) is 0.292. The Morgan fingerprint density at radius 1 is 1.09 bits per heavy atom. The number of alkyl halides is 1. The number of rotatable bonds is 4. The largest absolute Gasteiger partial charge is 0.507 e. The number of hydrogen-bond acceptors (Lipinski definition) is 6. The van der Waals surface area contributed by atoms with Crippen LogP contribution in [0.4, 0.5) is 4.39 Å². The van der Waals surface area contributed by atoms with Gasteiger partial charge in [-0.2, -0.15) is 5.01 Å². The third-order valence-corrected chi connectivity index (χ3v) is 7.19. The van der Waals surface area contributed by atoms with Crippen LogP contribution in [-0.2, 0) is 10.5 Å². The lowest BCUT2D eigenvalue weighted by molar-refractivity contribution is -0.150. The fourth-order valence-electron chi connectivity index (χ4n) is 4.51. The average molecular weight is 454 g/mol. The summed E-state index contributed by atoms with van der Waals surface area (Å²) >= 11 is 1.77. The summed E-state index contributed by atoms with van der Waals surface area (Å²) in [5.74, 6) is 0.0158.